The zero-order chi connectivity index (χ0) is 24.9. The Bertz CT molecular complexity index is 1440. The molecule has 0 fully saturated rings. The second kappa shape index (κ2) is 10.2. The van der Waals surface area contributed by atoms with Crippen molar-refractivity contribution in [1.82, 2.24) is 5.43 Å². The second-order valence-electron chi connectivity index (χ2n) is 8.22. The van der Waals surface area contributed by atoms with Crippen LogP contribution in [-0.2, 0) is 6.42 Å². The molecule has 1 aliphatic carbocycles. The van der Waals surface area contributed by atoms with Gasteiger partial charge in [-0.15, -0.1) is 0 Å². The maximum absolute atomic E-state index is 13.0. The average molecular weight is 482 g/mol. The average Bonchev–Trinajstić information content (AvgIpc) is 3.56. The SMILES string of the molecule is Cc1c(C(=O)Nc2ccc(N=Nc3ccccc3)cc2)oc2c1C(=NNC(=O)c1ccco1)CCC2. The lowest BCUT2D eigenvalue weighted by Gasteiger charge is -2.13. The minimum atomic E-state index is -0.439. The smallest absolute Gasteiger partial charge is 0.307 e. The zero-order valence-corrected chi connectivity index (χ0v) is 19.5. The summed E-state index contributed by atoms with van der Waals surface area (Å²) in [5.74, 6) is 0.281. The summed E-state index contributed by atoms with van der Waals surface area (Å²) in [7, 11) is 0. The molecule has 0 bridgehead atoms. The van der Waals surface area contributed by atoms with Crippen molar-refractivity contribution in [3.8, 4) is 0 Å². The molecule has 9 heteroatoms. The predicted molar refractivity (Wildman–Crippen MR) is 134 cm³/mol. The van der Waals surface area contributed by atoms with E-state index in [-0.39, 0.29) is 17.4 Å². The molecule has 0 atom stereocenters. The van der Waals surface area contributed by atoms with Crippen molar-refractivity contribution >= 4 is 34.6 Å². The fourth-order valence-corrected chi connectivity index (χ4v) is 3.99. The summed E-state index contributed by atoms with van der Waals surface area (Å²) >= 11 is 0. The molecule has 0 saturated heterocycles. The van der Waals surface area contributed by atoms with Gasteiger partial charge in [-0.1, -0.05) is 18.2 Å². The molecule has 2 aromatic carbocycles. The lowest BCUT2D eigenvalue weighted by molar-refractivity contribution is 0.0926. The molecular weight excluding hydrogens is 458 g/mol. The van der Waals surface area contributed by atoms with Gasteiger partial charge >= 0.3 is 5.91 Å². The van der Waals surface area contributed by atoms with Crippen molar-refractivity contribution in [2.45, 2.75) is 26.2 Å². The minimum Gasteiger partial charge on any atom is -0.459 e. The molecule has 1 aliphatic rings. The third kappa shape index (κ3) is 5.00. The Balaban J connectivity index is 1.29. The van der Waals surface area contributed by atoms with E-state index in [1.165, 1.54) is 6.26 Å². The summed E-state index contributed by atoms with van der Waals surface area (Å²) in [6.07, 6.45) is 3.57. The first kappa shape index (κ1) is 23.0. The molecule has 0 unspecified atom stereocenters. The van der Waals surface area contributed by atoms with Crippen LogP contribution in [0.25, 0.3) is 0 Å². The van der Waals surface area contributed by atoms with Gasteiger partial charge in [0.1, 0.15) is 5.76 Å². The number of nitrogens with zero attached hydrogens (tertiary/aromatic N) is 3. The van der Waals surface area contributed by atoms with Crippen LogP contribution in [0.3, 0.4) is 0 Å². The number of amides is 2. The fourth-order valence-electron chi connectivity index (χ4n) is 3.99. The Hall–Kier alpha value is -4.79. The zero-order valence-electron chi connectivity index (χ0n) is 19.5. The molecule has 36 heavy (non-hydrogen) atoms. The molecule has 5 rings (SSSR count). The van der Waals surface area contributed by atoms with Gasteiger partial charge in [-0.05, 0) is 68.3 Å². The first-order valence-corrected chi connectivity index (χ1v) is 11.5. The molecule has 0 saturated carbocycles. The lowest BCUT2D eigenvalue weighted by Crippen LogP contribution is -2.21. The molecule has 0 spiro atoms. The molecule has 0 aliphatic heterocycles. The second-order valence-corrected chi connectivity index (χ2v) is 8.22. The number of hydrogen-bond acceptors (Lipinski definition) is 7. The third-order valence-corrected chi connectivity index (χ3v) is 5.73. The van der Waals surface area contributed by atoms with Crippen LogP contribution in [0.1, 0.15) is 50.8 Å². The van der Waals surface area contributed by atoms with Gasteiger partial charge in [0, 0.05) is 23.2 Å². The van der Waals surface area contributed by atoms with E-state index in [1.54, 1.807) is 36.4 Å². The Morgan fingerprint density at radius 1 is 0.861 bits per heavy atom. The number of fused-ring (bicyclic) bond motifs is 1. The van der Waals surface area contributed by atoms with Gasteiger partial charge in [0.15, 0.2) is 11.5 Å². The number of anilines is 1. The number of nitrogens with one attached hydrogen (secondary N) is 2. The molecular formula is C27H23N5O4. The summed E-state index contributed by atoms with van der Waals surface area (Å²) < 4.78 is 11.0. The third-order valence-electron chi connectivity index (χ3n) is 5.73. The van der Waals surface area contributed by atoms with Gasteiger partial charge < -0.3 is 14.2 Å². The molecule has 180 valence electrons. The number of rotatable bonds is 6. The van der Waals surface area contributed by atoms with Gasteiger partial charge in [-0.2, -0.15) is 15.3 Å². The topological polar surface area (TPSA) is 122 Å². The Morgan fingerprint density at radius 2 is 1.61 bits per heavy atom. The van der Waals surface area contributed by atoms with Crippen molar-refractivity contribution in [3.05, 3.63) is 101 Å². The highest BCUT2D eigenvalue weighted by Crippen LogP contribution is 2.30. The van der Waals surface area contributed by atoms with Gasteiger partial charge in [-0.25, -0.2) is 5.43 Å². The van der Waals surface area contributed by atoms with Crippen molar-refractivity contribution in [3.63, 3.8) is 0 Å². The highest BCUT2D eigenvalue weighted by molar-refractivity contribution is 6.09. The number of azo groups is 1. The maximum atomic E-state index is 13.0. The Labute approximate surface area is 206 Å². The number of carbonyl (C=O) groups is 2. The van der Waals surface area contributed by atoms with Crippen LogP contribution in [0.2, 0.25) is 0 Å². The molecule has 2 amide bonds. The number of hydrazone groups is 1. The highest BCUT2D eigenvalue weighted by Gasteiger charge is 2.28. The van der Waals surface area contributed by atoms with E-state index in [1.807, 2.05) is 37.3 Å². The van der Waals surface area contributed by atoms with Crippen LogP contribution in [0.4, 0.5) is 17.1 Å². The van der Waals surface area contributed by atoms with Gasteiger partial charge in [0.25, 0.3) is 5.91 Å². The van der Waals surface area contributed by atoms with E-state index in [4.69, 9.17) is 8.83 Å². The van der Waals surface area contributed by atoms with E-state index in [0.29, 0.717) is 41.3 Å². The summed E-state index contributed by atoms with van der Waals surface area (Å²) in [6, 6.07) is 19.7. The molecule has 2 aromatic heterocycles. The van der Waals surface area contributed by atoms with E-state index in [9.17, 15) is 9.59 Å². The highest BCUT2D eigenvalue weighted by atomic mass is 16.4. The molecule has 4 aromatic rings. The number of hydrogen-bond donors (Lipinski definition) is 2. The van der Waals surface area contributed by atoms with Crippen LogP contribution >= 0.6 is 0 Å². The number of furan rings is 2. The molecule has 2 N–H and O–H groups in total. The summed E-state index contributed by atoms with van der Waals surface area (Å²) in [5.41, 5.74) is 6.67. The number of aryl methyl sites for hydroxylation is 1. The van der Waals surface area contributed by atoms with Crippen LogP contribution in [-0.4, -0.2) is 17.5 Å². The van der Waals surface area contributed by atoms with Crippen LogP contribution in [0.5, 0.6) is 0 Å². The maximum Gasteiger partial charge on any atom is 0.307 e. The quantitative estimate of drug-likeness (QED) is 0.247. The van der Waals surface area contributed by atoms with Gasteiger partial charge in [0.2, 0.25) is 0 Å². The number of benzene rings is 2. The van der Waals surface area contributed by atoms with E-state index >= 15 is 0 Å². The Morgan fingerprint density at radius 3 is 2.33 bits per heavy atom. The van der Waals surface area contributed by atoms with E-state index in [0.717, 1.165) is 17.7 Å². The van der Waals surface area contributed by atoms with E-state index < -0.39 is 5.91 Å². The largest absolute Gasteiger partial charge is 0.459 e. The molecule has 9 nitrogen and oxygen atoms in total. The van der Waals surface area contributed by atoms with Crippen molar-refractivity contribution in [2.24, 2.45) is 15.3 Å². The van der Waals surface area contributed by atoms with Crippen LogP contribution in [0, 0.1) is 6.92 Å². The summed E-state index contributed by atoms with van der Waals surface area (Å²) in [4.78, 5) is 25.2. The standard InChI is InChI=1S/C27H23N5O4/c1-17-24-21(31-32-26(33)23-11-6-16-35-23)9-5-10-22(24)36-25(17)27(34)28-18-12-14-20(15-13-18)30-29-19-7-3-2-4-8-19/h2-4,6-8,11-16H,5,9-10H2,1H3,(H,28,34)(H,32,33). The minimum absolute atomic E-state index is 0.173. The van der Waals surface area contributed by atoms with Crippen molar-refractivity contribution in [2.75, 3.05) is 5.32 Å². The predicted octanol–water partition coefficient (Wildman–Crippen LogP) is 6.32. The van der Waals surface area contributed by atoms with Gasteiger partial charge in [-0.3, -0.25) is 9.59 Å². The van der Waals surface area contributed by atoms with Gasteiger partial charge in [0.05, 0.1) is 23.3 Å². The van der Waals surface area contributed by atoms with E-state index in [2.05, 4.69) is 26.1 Å². The normalized spacial score (nSPS) is 14.1. The van der Waals surface area contributed by atoms with Crippen molar-refractivity contribution < 1.29 is 18.4 Å². The first-order chi connectivity index (χ1) is 17.6. The lowest BCUT2D eigenvalue weighted by atomic mass is 9.93. The Kier molecular flexibility index (Phi) is 6.53. The fraction of sp³-hybridized carbons (Fsp3) is 0.148. The number of carbonyl (C=O) groups excluding carboxylic acids is 2. The van der Waals surface area contributed by atoms with Crippen molar-refractivity contribution in [1.29, 1.82) is 0 Å². The molecule has 2 heterocycles. The summed E-state index contributed by atoms with van der Waals surface area (Å²) in [6.45, 7) is 1.82. The monoisotopic (exact) mass is 481 g/mol. The molecule has 0 radical (unpaired) electrons. The van der Waals surface area contributed by atoms with Crippen LogP contribution < -0.4 is 10.7 Å². The van der Waals surface area contributed by atoms with Crippen LogP contribution in [0.15, 0.2) is 97.2 Å². The summed E-state index contributed by atoms with van der Waals surface area (Å²) in [5, 5.41) is 15.6. The first-order valence-electron chi connectivity index (χ1n) is 11.5.